The fraction of sp³-hybridized carbons (Fsp3) is 0.500. The van der Waals surface area contributed by atoms with Crippen molar-refractivity contribution in [2.75, 3.05) is 18.5 Å². The van der Waals surface area contributed by atoms with Crippen molar-refractivity contribution in [2.45, 2.75) is 32.7 Å². The molecule has 0 radical (unpaired) electrons. The Morgan fingerprint density at radius 1 is 1.33 bits per heavy atom. The number of anilines is 1. The molecule has 1 aromatic carbocycles. The highest BCUT2D eigenvalue weighted by Gasteiger charge is 2.32. The zero-order valence-corrected chi connectivity index (χ0v) is 10.9. The summed E-state index contributed by atoms with van der Waals surface area (Å²) in [5.41, 5.74) is 3.08. The Morgan fingerprint density at radius 3 is 2.44 bits per heavy atom. The highest BCUT2D eigenvalue weighted by molar-refractivity contribution is 5.90. The predicted octanol–water partition coefficient (Wildman–Crippen LogP) is 2.29. The van der Waals surface area contributed by atoms with Crippen LogP contribution in [0.5, 0.6) is 0 Å². The number of aryl methyl sites for hydroxylation is 2. The third kappa shape index (κ3) is 3.23. The number of hydrogen-bond donors (Lipinski definition) is 2. The number of carbonyl (C=O) groups excluding carboxylic acids is 1. The molecule has 0 heterocycles. The number of nitrogens with one attached hydrogen (secondary N) is 1. The van der Waals surface area contributed by atoms with Crippen LogP contribution in [-0.2, 0) is 0 Å². The molecule has 98 valence electrons. The van der Waals surface area contributed by atoms with Crippen molar-refractivity contribution in [3.63, 3.8) is 0 Å². The Labute approximate surface area is 108 Å². The molecule has 2 rings (SSSR count). The van der Waals surface area contributed by atoms with Crippen LogP contribution in [0.15, 0.2) is 18.2 Å². The number of benzene rings is 1. The Hall–Kier alpha value is -1.55. The number of urea groups is 1. The van der Waals surface area contributed by atoms with Gasteiger partial charge in [-0.3, -0.25) is 0 Å². The predicted molar refractivity (Wildman–Crippen MR) is 71.7 cm³/mol. The Kier molecular flexibility index (Phi) is 3.87. The molecule has 0 unspecified atom stereocenters. The minimum absolute atomic E-state index is 0.0107. The van der Waals surface area contributed by atoms with E-state index in [4.69, 9.17) is 5.11 Å². The summed E-state index contributed by atoms with van der Waals surface area (Å²) in [4.78, 5) is 13.8. The zero-order valence-electron chi connectivity index (χ0n) is 10.9. The van der Waals surface area contributed by atoms with E-state index in [9.17, 15) is 4.79 Å². The summed E-state index contributed by atoms with van der Waals surface area (Å²) in [5.74, 6) is 0. The molecule has 1 saturated carbocycles. The molecule has 0 aliphatic heterocycles. The molecule has 2 amide bonds. The van der Waals surface area contributed by atoms with E-state index in [0.717, 1.165) is 29.7 Å². The van der Waals surface area contributed by atoms with Crippen molar-refractivity contribution >= 4 is 11.7 Å². The van der Waals surface area contributed by atoms with Gasteiger partial charge in [-0.05, 0) is 49.9 Å². The minimum atomic E-state index is -0.114. The molecule has 0 aromatic heterocycles. The lowest BCUT2D eigenvalue weighted by Gasteiger charge is -2.22. The molecule has 4 heteroatoms. The first kappa shape index (κ1) is 12.9. The van der Waals surface area contributed by atoms with E-state index in [0.29, 0.717) is 12.6 Å². The first-order chi connectivity index (χ1) is 8.60. The Bertz CT molecular complexity index is 421. The summed E-state index contributed by atoms with van der Waals surface area (Å²) in [6.45, 7) is 4.43. The van der Waals surface area contributed by atoms with Gasteiger partial charge in [-0.15, -0.1) is 0 Å². The maximum absolute atomic E-state index is 12.1. The van der Waals surface area contributed by atoms with Crippen molar-refractivity contribution in [1.29, 1.82) is 0 Å². The highest BCUT2D eigenvalue weighted by Crippen LogP contribution is 2.27. The van der Waals surface area contributed by atoms with Crippen LogP contribution in [0, 0.1) is 13.8 Å². The fourth-order valence-corrected chi connectivity index (χ4v) is 2.19. The second kappa shape index (κ2) is 5.40. The van der Waals surface area contributed by atoms with Crippen LogP contribution in [0.25, 0.3) is 0 Å². The van der Waals surface area contributed by atoms with Crippen LogP contribution >= 0.6 is 0 Å². The lowest BCUT2D eigenvalue weighted by atomic mass is 10.1. The number of hydrogen-bond acceptors (Lipinski definition) is 2. The second-order valence-corrected chi connectivity index (χ2v) is 4.95. The standard InChI is InChI=1S/C14H20N2O2/c1-10-7-11(2)9-12(8-10)15-14(18)16(5-6-17)13-3-4-13/h7-9,13,17H,3-6H2,1-2H3,(H,15,18). The van der Waals surface area contributed by atoms with Crippen molar-refractivity contribution in [1.82, 2.24) is 4.90 Å². The van der Waals surface area contributed by atoms with Gasteiger partial charge in [0.05, 0.1) is 6.61 Å². The van der Waals surface area contributed by atoms with Crippen molar-refractivity contribution < 1.29 is 9.90 Å². The number of aliphatic hydroxyl groups excluding tert-OH is 1. The zero-order chi connectivity index (χ0) is 13.1. The normalized spacial score (nSPS) is 14.4. The van der Waals surface area contributed by atoms with Crippen LogP contribution in [0.4, 0.5) is 10.5 Å². The van der Waals surface area contributed by atoms with Gasteiger partial charge >= 0.3 is 6.03 Å². The molecule has 1 aliphatic carbocycles. The van der Waals surface area contributed by atoms with Crippen LogP contribution in [0.2, 0.25) is 0 Å². The average molecular weight is 248 g/mol. The second-order valence-electron chi connectivity index (χ2n) is 4.95. The molecule has 0 spiro atoms. The summed E-state index contributed by atoms with van der Waals surface area (Å²) in [6, 6.07) is 6.17. The van der Waals surface area contributed by atoms with Crippen molar-refractivity contribution in [2.24, 2.45) is 0 Å². The average Bonchev–Trinajstić information content (AvgIpc) is 3.07. The Balaban J connectivity index is 2.04. The monoisotopic (exact) mass is 248 g/mol. The first-order valence-electron chi connectivity index (χ1n) is 6.37. The molecule has 2 N–H and O–H groups in total. The molecule has 1 aliphatic rings. The van der Waals surface area contributed by atoms with Gasteiger partial charge in [0.2, 0.25) is 0 Å². The maximum Gasteiger partial charge on any atom is 0.322 e. The van der Waals surface area contributed by atoms with Gasteiger partial charge in [0, 0.05) is 18.3 Å². The molecule has 1 aromatic rings. The van der Waals surface area contributed by atoms with E-state index in [1.54, 1.807) is 4.90 Å². The van der Waals surface area contributed by atoms with E-state index in [1.165, 1.54) is 0 Å². The molecule has 1 fully saturated rings. The summed E-state index contributed by atoms with van der Waals surface area (Å²) >= 11 is 0. The lowest BCUT2D eigenvalue weighted by molar-refractivity contribution is 0.185. The van der Waals surface area contributed by atoms with Crippen LogP contribution in [-0.4, -0.2) is 35.2 Å². The fourth-order valence-electron chi connectivity index (χ4n) is 2.19. The van der Waals surface area contributed by atoms with Crippen molar-refractivity contribution in [3.8, 4) is 0 Å². The van der Waals surface area contributed by atoms with E-state index in [-0.39, 0.29) is 12.6 Å². The molecular formula is C14H20N2O2. The lowest BCUT2D eigenvalue weighted by Crippen LogP contribution is -2.38. The molecular weight excluding hydrogens is 228 g/mol. The number of aliphatic hydroxyl groups is 1. The van der Waals surface area contributed by atoms with Crippen LogP contribution in [0.3, 0.4) is 0 Å². The van der Waals surface area contributed by atoms with Gasteiger partial charge in [-0.25, -0.2) is 4.79 Å². The molecule has 0 atom stereocenters. The summed E-state index contributed by atoms with van der Waals surface area (Å²) in [6.07, 6.45) is 2.08. The van der Waals surface area contributed by atoms with E-state index in [2.05, 4.69) is 11.4 Å². The number of carbonyl (C=O) groups is 1. The van der Waals surface area contributed by atoms with E-state index < -0.39 is 0 Å². The third-order valence-corrected chi connectivity index (χ3v) is 3.06. The Morgan fingerprint density at radius 2 is 1.94 bits per heavy atom. The van der Waals surface area contributed by atoms with Gasteiger partial charge in [0.15, 0.2) is 0 Å². The highest BCUT2D eigenvalue weighted by atomic mass is 16.3. The SMILES string of the molecule is Cc1cc(C)cc(NC(=O)N(CCO)C2CC2)c1. The summed E-state index contributed by atoms with van der Waals surface area (Å²) < 4.78 is 0. The van der Waals surface area contributed by atoms with Gasteiger partial charge in [0.1, 0.15) is 0 Å². The maximum atomic E-state index is 12.1. The number of rotatable bonds is 4. The van der Waals surface area contributed by atoms with Gasteiger partial charge in [0.25, 0.3) is 0 Å². The summed E-state index contributed by atoms with van der Waals surface area (Å²) in [7, 11) is 0. The van der Waals surface area contributed by atoms with Gasteiger partial charge in [-0.1, -0.05) is 6.07 Å². The van der Waals surface area contributed by atoms with E-state index >= 15 is 0 Å². The topological polar surface area (TPSA) is 52.6 Å². The van der Waals surface area contributed by atoms with Crippen LogP contribution in [0.1, 0.15) is 24.0 Å². The van der Waals surface area contributed by atoms with Gasteiger partial charge < -0.3 is 15.3 Å². The largest absolute Gasteiger partial charge is 0.395 e. The first-order valence-corrected chi connectivity index (χ1v) is 6.37. The van der Waals surface area contributed by atoms with Crippen molar-refractivity contribution in [3.05, 3.63) is 29.3 Å². The number of nitrogens with zero attached hydrogens (tertiary/aromatic N) is 1. The molecule has 18 heavy (non-hydrogen) atoms. The molecule has 4 nitrogen and oxygen atoms in total. The molecule has 0 saturated heterocycles. The smallest absolute Gasteiger partial charge is 0.322 e. The minimum Gasteiger partial charge on any atom is -0.395 e. The third-order valence-electron chi connectivity index (χ3n) is 3.06. The number of amides is 2. The summed E-state index contributed by atoms with van der Waals surface area (Å²) in [5, 5.41) is 11.9. The van der Waals surface area contributed by atoms with E-state index in [1.807, 2.05) is 26.0 Å². The van der Waals surface area contributed by atoms with Crippen LogP contribution < -0.4 is 5.32 Å². The van der Waals surface area contributed by atoms with Gasteiger partial charge in [-0.2, -0.15) is 0 Å². The molecule has 0 bridgehead atoms. The quantitative estimate of drug-likeness (QED) is 0.859.